The number of rotatable bonds is 4. The minimum Gasteiger partial charge on any atom is -0.207 e. The SMILES string of the molecule is C=C(CC1CCC(C)CC1)/C(C)=C(\C)c1c(C)ccc(F)c1C. The van der Waals surface area contributed by atoms with E-state index in [-0.39, 0.29) is 5.82 Å². The molecular formula is C22H31F. The fraction of sp³-hybridized carbons (Fsp3) is 0.545. The molecular weight excluding hydrogens is 283 g/mol. The largest absolute Gasteiger partial charge is 0.207 e. The Morgan fingerprint density at radius 1 is 1.13 bits per heavy atom. The summed E-state index contributed by atoms with van der Waals surface area (Å²) >= 11 is 0. The highest BCUT2D eigenvalue weighted by atomic mass is 19.1. The van der Waals surface area contributed by atoms with Gasteiger partial charge in [-0.1, -0.05) is 38.0 Å². The molecule has 1 aromatic carbocycles. The molecule has 0 saturated heterocycles. The number of halogens is 1. The van der Waals surface area contributed by atoms with E-state index in [9.17, 15) is 4.39 Å². The fourth-order valence-electron chi connectivity index (χ4n) is 3.89. The molecule has 1 fully saturated rings. The summed E-state index contributed by atoms with van der Waals surface area (Å²) in [5.41, 5.74) is 6.58. The molecule has 0 nitrogen and oxygen atoms in total. The van der Waals surface area contributed by atoms with Crippen molar-refractivity contribution in [2.75, 3.05) is 0 Å². The van der Waals surface area contributed by atoms with Crippen LogP contribution in [0.3, 0.4) is 0 Å². The van der Waals surface area contributed by atoms with Crippen molar-refractivity contribution in [3.63, 3.8) is 0 Å². The topological polar surface area (TPSA) is 0 Å². The van der Waals surface area contributed by atoms with Gasteiger partial charge in [0.1, 0.15) is 5.82 Å². The van der Waals surface area contributed by atoms with Crippen LogP contribution in [0.15, 0.2) is 29.9 Å². The standard InChI is InChI=1S/C22H31F/c1-14-7-10-20(11-8-14)13-16(3)17(4)18(5)22-15(2)9-12-21(23)19(22)6/h9,12,14,20H,3,7-8,10-11,13H2,1-2,4-6H3/b18-17+. The summed E-state index contributed by atoms with van der Waals surface area (Å²) in [5, 5.41) is 0. The summed E-state index contributed by atoms with van der Waals surface area (Å²) in [5.74, 6) is 1.54. The van der Waals surface area contributed by atoms with E-state index >= 15 is 0 Å². The highest BCUT2D eigenvalue weighted by Crippen LogP contribution is 2.36. The Hall–Kier alpha value is -1.37. The van der Waals surface area contributed by atoms with Crippen molar-refractivity contribution >= 4 is 5.57 Å². The summed E-state index contributed by atoms with van der Waals surface area (Å²) in [7, 11) is 0. The Morgan fingerprint density at radius 3 is 2.35 bits per heavy atom. The van der Waals surface area contributed by atoms with E-state index in [1.165, 1.54) is 42.4 Å². The predicted molar refractivity (Wildman–Crippen MR) is 99.0 cm³/mol. The first-order valence-corrected chi connectivity index (χ1v) is 8.93. The van der Waals surface area contributed by atoms with E-state index < -0.39 is 0 Å². The van der Waals surface area contributed by atoms with E-state index in [4.69, 9.17) is 0 Å². The van der Waals surface area contributed by atoms with E-state index in [1.54, 1.807) is 6.07 Å². The summed E-state index contributed by atoms with van der Waals surface area (Å²) in [6.07, 6.45) is 6.43. The third kappa shape index (κ3) is 4.13. The third-order valence-corrected chi connectivity index (χ3v) is 5.75. The van der Waals surface area contributed by atoms with Gasteiger partial charge in [-0.25, -0.2) is 4.39 Å². The molecule has 0 spiro atoms. The van der Waals surface area contributed by atoms with Crippen LogP contribution in [0.25, 0.3) is 5.57 Å². The number of hydrogen-bond acceptors (Lipinski definition) is 0. The molecule has 1 aliphatic carbocycles. The molecule has 0 unspecified atom stereocenters. The van der Waals surface area contributed by atoms with Crippen molar-refractivity contribution in [3.05, 3.63) is 52.4 Å². The molecule has 0 atom stereocenters. The van der Waals surface area contributed by atoms with Gasteiger partial charge in [0.15, 0.2) is 0 Å². The van der Waals surface area contributed by atoms with Crippen LogP contribution in [-0.2, 0) is 0 Å². The van der Waals surface area contributed by atoms with Crippen molar-refractivity contribution in [2.45, 2.75) is 66.7 Å². The lowest BCUT2D eigenvalue weighted by molar-refractivity contribution is 0.289. The molecule has 0 bridgehead atoms. The number of allylic oxidation sites excluding steroid dienone is 3. The van der Waals surface area contributed by atoms with Gasteiger partial charge in [0.2, 0.25) is 0 Å². The molecule has 0 N–H and O–H groups in total. The van der Waals surface area contributed by atoms with Crippen LogP contribution in [0.4, 0.5) is 4.39 Å². The first-order chi connectivity index (χ1) is 10.8. The van der Waals surface area contributed by atoms with Gasteiger partial charge < -0.3 is 0 Å². The van der Waals surface area contributed by atoms with Gasteiger partial charge >= 0.3 is 0 Å². The first-order valence-electron chi connectivity index (χ1n) is 8.93. The smallest absolute Gasteiger partial charge is 0.126 e. The molecule has 1 heteroatoms. The molecule has 1 saturated carbocycles. The maximum Gasteiger partial charge on any atom is 0.126 e. The minimum absolute atomic E-state index is 0.121. The Balaban J connectivity index is 2.20. The van der Waals surface area contributed by atoms with Crippen LogP contribution in [0.1, 0.15) is 69.6 Å². The summed E-state index contributed by atoms with van der Waals surface area (Å²) < 4.78 is 13.9. The lowest BCUT2D eigenvalue weighted by Crippen LogP contribution is -2.13. The van der Waals surface area contributed by atoms with Gasteiger partial charge in [0.25, 0.3) is 0 Å². The summed E-state index contributed by atoms with van der Waals surface area (Å²) in [6.45, 7) is 14.9. The molecule has 1 aliphatic rings. The molecule has 0 amide bonds. The molecule has 0 aliphatic heterocycles. The van der Waals surface area contributed by atoms with Crippen LogP contribution in [-0.4, -0.2) is 0 Å². The first kappa shape index (κ1) is 18.0. The van der Waals surface area contributed by atoms with Crippen LogP contribution < -0.4 is 0 Å². The minimum atomic E-state index is -0.121. The maximum atomic E-state index is 13.9. The summed E-state index contributed by atoms with van der Waals surface area (Å²) in [6, 6.07) is 3.44. The molecule has 1 aromatic rings. The lowest BCUT2D eigenvalue weighted by Gasteiger charge is -2.27. The van der Waals surface area contributed by atoms with Gasteiger partial charge in [-0.05, 0) is 92.7 Å². The molecule has 0 radical (unpaired) electrons. The van der Waals surface area contributed by atoms with Crippen molar-refractivity contribution in [2.24, 2.45) is 11.8 Å². The van der Waals surface area contributed by atoms with Gasteiger partial charge in [-0.15, -0.1) is 0 Å². The number of benzene rings is 1. The van der Waals surface area contributed by atoms with Crippen molar-refractivity contribution in [1.82, 2.24) is 0 Å². The van der Waals surface area contributed by atoms with E-state index in [2.05, 4.69) is 34.3 Å². The Morgan fingerprint density at radius 2 is 1.74 bits per heavy atom. The van der Waals surface area contributed by atoms with Gasteiger partial charge in [-0.3, -0.25) is 0 Å². The Labute approximate surface area is 141 Å². The Kier molecular flexibility index (Phi) is 5.84. The average Bonchev–Trinajstić information content (AvgIpc) is 2.52. The molecule has 23 heavy (non-hydrogen) atoms. The van der Waals surface area contributed by atoms with E-state index in [0.717, 1.165) is 34.9 Å². The van der Waals surface area contributed by atoms with Crippen LogP contribution >= 0.6 is 0 Å². The van der Waals surface area contributed by atoms with Crippen LogP contribution in [0.2, 0.25) is 0 Å². The fourth-order valence-corrected chi connectivity index (χ4v) is 3.89. The second-order valence-corrected chi connectivity index (χ2v) is 7.55. The molecule has 2 rings (SSSR count). The number of aryl methyl sites for hydroxylation is 1. The zero-order valence-corrected chi connectivity index (χ0v) is 15.4. The van der Waals surface area contributed by atoms with E-state index in [0.29, 0.717) is 0 Å². The van der Waals surface area contributed by atoms with Gasteiger partial charge in [0, 0.05) is 0 Å². The highest BCUT2D eigenvalue weighted by Gasteiger charge is 2.20. The van der Waals surface area contributed by atoms with Crippen LogP contribution in [0.5, 0.6) is 0 Å². The van der Waals surface area contributed by atoms with Gasteiger partial charge in [0.05, 0.1) is 0 Å². The van der Waals surface area contributed by atoms with Crippen molar-refractivity contribution in [1.29, 1.82) is 0 Å². The zero-order chi connectivity index (χ0) is 17.1. The highest BCUT2D eigenvalue weighted by molar-refractivity contribution is 5.74. The zero-order valence-electron chi connectivity index (χ0n) is 15.4. The lowest BCUT2D eigenvalue weighted by atomic mass is 9.78. The monoisotopic (exact) mass is 314 g/mol. The third-order valence-electron chi connectivity index (χ3n) is 5.75. The average molecular weight is 314 g/mol. The summed E-state index contributed by atoms with van der Waals surface area (Å²) in [4.78, 5) is 0. The van der Waals surface area contributed by atoms with E-state index in [1.807, 2.05) is 13.0 Å². The van der Waals surface area contributed by atoms with Crippen molar-refractivity contribution in [3.8, 4) is 0 Å². The van der Waals surface area contributed by atoms with Crippen molar-refractivity contribution < 1.29 is 4.39 Å². The molecule has 126 valence electrons. The molecule has 0 heterocycles. The van der Waals surface area contributed by atoms with Crippen LogP contribution in [0, 0.1) is 31.5 Å². The Bertz CT molecular complexity index is 613. The second kappa shape index (κ2) is 7.47. The quantitative estimate of drug-likeness (QED) is 0.524. The molecule has 0 aromatic heterocycles. The number of hydrogen-bond donors (Lipinski definition) is 0. The van der Waals surface area contributed by atoms with Gasteiger partial charge in [-0.2, -0.15) is 0 Å². The normalized spacial score (nSPS) is 22.7. The maximum absolute atomic E-state index is 13.9. The second-order valence-electron chi connectivity index (χ2n) is 7.55. The predicted octanol–water partition coefficient (Wildman–Crippen LogP) is 7.01.